The molecule has 3 aromatic carbocycles. The molecule has 1 aliphatic rings. The van der Waals surface area contributed by atoms with E-state index in [1.807, 2.05) is 60.5 Å². The van der Waals surface area contributed by atoms with Gasteiger partial charge in [0, 0.05) is 52.0 Å². The molecule has 0 aliphatic carbocycles. The maximum atomic E-state index is 11.0. The Kier molecular flexibility index (Phi) is 4.83. The number of rotatable bonds is 3. The number of phenols is 1. The van der Waals surface area contributed by atoms with E-state index in [-0.39, 0.29) is 43.6 Å². The number of aromatic hydroxyl groups is 1. The van der Waals surface area contributed by atoms with Crippen molar-refractivity contribution in [1.29, 1.82) is 0 Å². The van der Waals surface area contributed by atoms with Crippen LogP contribution in [0.4, 0.5) is 28.6 Å². The fourth-order valence-corrected chi connectivity index (χ4v) is 5.26. The van der Waals surface area contributed by atoms with Crippen molar-refractivity contribution >= 4 is 39.5 Å². The smallest absolute Gasteiger partial charge is 0.140 e. The summed E-state index contributed by atoms with van der Waals surface area (Å²) in [5.41, 5.74) is 1.51. The van der Waals surface area contributed by atoms with Gasteiger partial charge in [0.15, 0.2) is 0 Å². The summed E-state index contributed by atoms with van der Waals surface area (Å²) in [6.07, 6.45) is 1.71. The molecule has 1 N–H and O–H groups in total. The van der Waals surface area contributed by atoms with Crippen molar-refractivity contribution in [2.24, 2.45) is 0 Å². The standard InChI is InChI=1S/C34H33N4O.Pt/c1-21(2)24-19-22(26-16-14-23-25(34(3,4)5)15-17-30(39)32(23)36-26)20-29-33(24)37(6)27-11-7-8-12-28(27)38(29)31-13-9-10-18-35-31;/h7-19,21,39H,1-6H3;/q-1;/i3D3,4D3,5D3;. The average molecular weight is 718 g/mol. The molecule has 0 bridgehead atoms. The first kappa shape index (κ1) is 18.6. The molecule has 5 aromatic rings. The predicted molar refractivity (Wildman–Crippen MR) is 161 cm³/mol. The van der Waals surface area contributed by atoms with Crippen LogP contribution in [0.15, 0.2) is 79.0 Å². The summed E-state index contributed by atoms with van der Waals surface area (Å²) in [6.45, 7) is -6.27. The van der Waals surface area contributed by atoms with E-state index in [9.17, 15) is 5.11 Å². The largest absolute Gasteiger partial charge is 0.506 e. The molecule has 206 valence electrons. The van der Waals surface area contributed by atoms with E-state index in [4.69, 9.17) is 17.3 Å². The van der Waals surface area contributed by atoms with Crippen molar-refractivity contribution in [2.75, 3.05) is 16.8 Å². The number of benzene rings is 3. The van der Waals surface area contributed by atoms with Gasteiger partial charge >= 0.3 is 0 Å². The molecule has 1 aliphatic heterocycles. The maximum Gasteiger partial charge on any atom is 0.140 e. The molecule has 0 saturated heterocycles. The van der Waals surface area contributed by atoms with Gasteiger partial charge in [-0.3, -0.25) is 4.98 Å². The van der Waals surface area contributed by atoms with Gasteiger partial charge in [0.25, 0.3) is 0 Å². The Bertz CT molecular complexity index is 1990. The molecule has 0 atom stereocenters. The van der Waals surface area contributed by atoms with Crippen LogP contribution in [0.1, 0.15) is 63.8 Å². The second kappa shape index (κ2) is 10.4. The van der Waals surface area contributed by atoms with Crippen LogP contribution in [-0.2, 0) is 26.5 Å². The fourth-order valence-electron chi connectivity index (χ4n) is 5.26. The summed E-state index contributed by atoms with van der Waals surface area (Å²) in [5.74, 6) is 0.354. The number of anilines is 5. The molecule has 0 unspecified atom stereocenters. The molecule has 0 amide bonds. The van der Waals surface area contributed by atoms with E-state index in [0.717, 1.165) is 34.8 Å². The van der Waals surface area contributed by atoms with E-state index >= 15 is 0 Å². The Morgan fingerprint density at radius 1 is 0.950 bits per heavy atom. The summed E-state index contributed by atoms with van der Waals surface area (Å²) in [4.78, 5) is 13.5. The molecular weight excluding hydrogens is 675 g/mol. The molecule has 40 heavy (non-hydrogen) atoms. The van der Waals surface area contributed by atoms with Crippen LogP contribution in [0.5, 0.6) is 5.75 Å². The summed E-state index contributed by atoms with van der Waals surface area (Å²) in [5, 5.41) is 10.9. The number of fused-ring (bicyclic) bond motifs is 3. The molecular formula is C34H33N4OPt-. The maximum absolute atomic E-state index is 11.0. The Morgan fingerprint density at radius 3 is 2.40 bits per heavy atom. The molecule has 3 heterocycles. The molecule has 6 rings (SSSR count). The Balaban J connectivity index is 0.00000468. The molecule has 6 heteroatoms. The summed E-state index contributed by atoms with van der Waals surface area (Å²) in [6, 6.07) is 24.2. The Labute approximate surface area is 263 Å². The van der Waals surface area contributed by atoms with Gasteiger partial charge in [-0.1, -0.05) is 70.8 Å². The third kappa shape index (κ3) is 4.57. The zero-order valence-electron chi connectivity index (χ0n) is 31.1. The van der Waals surface area contributed by atoms with Gasteiger partial charge in [0.05, 0.1) is 11.4 Å². The van der Waals surface area contributed by atoms with Crippen LogP contribution in [-0.4, -0.2) is 22.1 Å². The molecule has 0 spiro atoms. The quantitative estimate of drug-likeness (QED) is 0.189. The molecule has 5 nitrogen and oxygen atoms in total. The van der Waals surface area contributed by atoms with Crippen molar-refractivity contribution in [2.45, 2.75) is 45.7 Å². The second-order valence-electron chi connectivity index (χ2n) is 10.0. The SMILES string of the molecule is [2H]C([2H])([2H])C(c1ccc(O)c2nc(-c3[c-]c4c(c(C(C)C)c3)N(C)c3ccccc3N4c3ccccn3)ccc12)(C([2H])([2H])[2H])C([2H])([2H])[2H].[Pt]. The van der Waals surface area contributed by atoms with Gasteiger partial charge in [-0.05, 0) is 64.3 Å². The van der Waals surface area contributed by atoms with Crippen LogP contribution in [0, 0.1) is 6.07 Å². The number of phenolic OH excluding ortho intramolecular Hbond substituents is 1. The average Bonchev–Trinajstić information content (AvgIpc) is 3.00. The van der Waals surface area contributed by atoms with Crippen molar-refractivity contribution in [1.82, 2.24) is 9.97 Å². The van der Waals surface area contributed by atoms with E-state index in [1.165, 1.54) is 6.07 Å². The number of hydrogen-bond donors (Lipinski definition) is 1. The minimum atomic E-state index is -3.47. The Morgan fingerprint density at radius 2 is 1.70 bits per heavy atom. The number of nitrogens with zero attached hydrogens (tertiary/aromatic N) is 4. The molecule has 2 aromatic heterocycles. The monoisotopic (exact) mass is 717 g/mol. The first-order chi connectivity index (χ1) is 22.4. The summed E-state index contributed by atoms with van der Waals surface area (Å²) >= 11 is 0. The van der Waals surface area contributed by atoms with E-state index in [1.54, 1.807) is 12.3 Å². The van der Waals surface area contributed by atoms with Crippen molar-refractivity contribution in [3.8, 4) is 17.0 Å². The first-order valence-corrected chi connectivity index (χ1v) is 12.7. The van der Waals surface area contributed by atoms with Gasteiger partial charge in [-0.15, -0.1) is 23.3 Å². The number of pyridine rings is 2. The van der Waals surface area contributed by atoms with Gasteiger partial charge < -0.3 is 14.9 Å². The molecule has 0 radical (unpaired) electrons. The van der Waals surface area contributed by atoms with Crippen molar-refractivity contribution in [3.05, 3.63) is 96.2 Å². The third-order valence-corrected chi connectivity index (χ3v) is 7.11. The van der Waals surface area contributed by atoms with Crippen LogP contribution in [0.25, 0.3) is 22.2 Å². The van der Waals surface area contributed by atoms with Crippen LogP contribution < -0.4 is 9.80 Å². The fraction of sp³-hybridized carbons (Fsp3) is 0.235. The number of para-hydroxylation sites is 2. The summed E-state index contributed by atoms with van der Waals surface area (Å²) in [7, 11) is 1.99. The van der Waals surface area contributed by atoms with Crippen LogP contribution in [0.2, 0.25) is 0 Å². The van der Waals surface area contributed by atoms with Crippen molar-refractivity contribution in [3.63, 3.8) is 0 Å². The van der Waals surface area contributed by atoms with E-state index in [2.05, 4.69) is 29.8 Å². The zero-order valence-corrected chi connectivity index (χ0v) is 24.4. The van der Waals surface area contributed by atoms with Gasteiger partial charge in [-0.25, -0.2) is 4.98 Å². The minimum Gasteiger partial charge on any atom is -0.506 e. The minimum absolute atomic E-state index is 0. The number of hydrogen-bond acceptors (Lipinski definition) is 5. The molecule has 0 fully saturated rings. The Hall–Kier alpha value is -3.69. The molecule has 0 saturated carbocycles. The number of aromatic nitrogens is 2. The third-order valence-electron chi connectivity index (χ3n) is 7.11. The van der Waals surface area contributed by atoms with Crippen LogP contribution >= 0.6 is 0 Å². The van der Waals surface area contributed by atoms with E-state index < -0.39 is 31.5 Å². The van der Waals surface area contributed by atoms with Gasteiger partial charge in [0.2, 0.25) is 0 Å². The normalized spacial score (nSPS) is 17.1. The topological polar surface area (TPSA) is 52.5 Å². The summed E-state index contributed by atoms with van der Waals surface area (Å²) < 4.78 is 73.9. The van der Waals surface area contributed by atoms with Crippen molar-refractivity contribution < 1.29 is 38.5 Å². The van der Waals surface area contributed by atoms with Gasteiger partial charge in [-0.2, -0.15) is 0 Å². The first-order valence-electron chi connectivity index (χ1n) is 17.2. The predicted octanol–water partition coefficient (Wildman–Crippen LogP) is 8.77. The zero-order chi connectivity index (χ0) is 35.0. The van der Waals surface area contributed by atoms with Gasteiger partial charge in [0.1, 0.15) is 17.1 Å². The van der Waals surface area contributed by atoms with E-state index in [0.29, 0.717) is 22.8 Å². The second-order valence-corrected chi connectivity index (χ2v) is 10.0. The van der Waals surface area contributed by atoms with Crippen LogP contribution in [0.3, 0.4) is 0 Å².